The second kappa shape index (κ2) is 5.70. The van der Waals surface area contributed by atoms with Crippen LogP contribution >= 0.6 is 0 Å². The molecule has 8 heteroatoms. The maximum Gasteiger partial charge on any atom is 0.573 e. The van der Waals surface area contributed by atoms with Crippen molar-refractivity contribution in [3.8, 4) is 17.2 Å². The van der Waals surface area contributed by atoms with Crippen LogP contribution in [-0.2, 0) is 0 Å². The molecule has 21 heavy (non-hydrogen) atoms. The maximum absolute atomic E-state index is 12.3. The van der Waals surface area contributed by atoms with Gasteiger partial charge in [0, 0.05) is 12.3 Å². The van der Waals surface area contributed by atoms with Crippen LogP contribution in [0, 0.1) is 0 Å². The molecular weight excluding hydrogens is 291 g/mol. The van der Waals surface area contributed by atoms with E-state index in [0.717, 1.165) is 12.1 Å². The van der Waals surface area contributed by atoms with Crippen LogP contribution < -0.4 is 9.47 Å². The summed E-state index contributed by atoms with van der Waals surface area (Å²) < 4.78 is 45.8. The number of alkyl halides is 3. The fraction of sp³-hybridized carbons (Fsp3) is 0.0769. The summed E-state index contributed by atoms with van der Waals surface area (Å²) in [7, 11) is 0. The summed E-state index contributed by atoms with van der Waals surface area (Å²) in [5, 5.41) is 8.79. The molecule has 0 saturated heterocycles. The summed E-state index contributed by atoms with van der Waals surface area (Å²) >= 11 is 0. The van der Waals surface area contributed by atoms with Crippen molar-refractivity contribution in [2.75, 3.05) is 0 Å². The Morgan fingerprint density at radius 3 is 2.43 bits per heavy atom. The number of nitrogens with zero attached hydrogens (tertiary/aromatic N) is 1. The van der Waals surface area contributed by atoms with Gasteiger partial charge in [0.15, 0.2) is 17.2 Å². The smallest absolute Gasteiger partial charge is 0.477 e. The zero-order valence-electron chi connectivity index (χ0n) is 10.3. The Bertz CT molecular complexity index is 658. The van der Waals surface area contributed by atoms with Crippen molar-refractivity contribution >= 4 is 5.97 Å². The molecule has 0 fully saturated rings. The quantitative estimate of drug-likeness (QED) is 0.936. The van der Waals surface area contributed by atoms with Gasteiger partial charge >= 0.3 is 12.3 Å². The van der Waals surface area contributed by atoms with Crippen LogP contribution in [0.1, 0.15) is 10.5 Å². The first-order valence-corrected chi connectivity index (χ1v) is 5.57. The summed E-state index contributed by atoms with van der Waals surface area (Å²) in [5.41, 5.74) is -0.290. The summed E-state index contributed by atoms with van der Waals surface area (Å²) in [4.78, 5) is 14.3. The second-order valence-corrected chi connectivity index (χ2v) is 3.78. The number of rotatable bonds is 4. The number of hydrogen-bond acceptors (Lipinski definition) is 4. The molecule has 2 aromatic rings. The van der Waals surface area contributed by atoms with Gasteiger partial charge in [-0.3, -0.25) is 0 Å². The van der Waals surface area contributed by atoms with Gasteiger partial charge in [-0.1, -0.05) is 12.1 Å². The SMILES string of the molecule is O=C(O)c1cc(Oc2ccccc2OC(F)(F)F)ccn1. The number of benzene rings is 1. The van der Waals surface area contributed by atoms with E-state index in [2.05, 4.69) is 9.72 Å². The highest BCUT2D eigenvalue weighted by atomic mass is 19.4. The van der Waals surface area contributed by atoms with Gasteiger partial charge in [-0.25, -0.2) is 9.78 Å². The Labute approximate surface area is 116 Å². The van der Waals surface area contributed by atoms with E-state index >= 15 is 0 Å². The zero-order chi connectivity index (χ0) is 15.5. The minimum atomic E-state index is -4.86. The molecule has 1 aromatic carbocycles. The van der Waals surface area contributed by atoms with Gasteiger partial charge in [-0.2, -0.15) is 0 Å². The first-order chi connectivity index (χ1) is 9.85. The van der Waals surface area contributed by atoms with Gasteiger partial charge in [0.1, 0.15) is 5.75 Å². The van der Waals surface area contributed by atoms with Gasteiger partial charge in [0.25, 0.3) is 0 Å². The predicted molar refractivity (Wildman–Crippen MR) is 64.4 cm³/mol. The Kier molecular flexibility index (Phi) is 3.97. The molecule has 0 aliphatic heterocycles. The molecule has 2 rings (SSSR count). The van der Waals surface area contributed by atoms with Gasteiger partial charge in [0.2, 0.25) is 0 Å². The third kappa shape index (κ3) is 4.10. The van der Waals surface area contributed by atoms with Crippen molar-refractivity contribution in [1.82, 2.24) is 4.98 Å². The number of hydrogen-bond donors (Lipinski definition) is 1. The zero-order valence-corrected chi connectivity index (χ0v) is 10.3. The molecule has 0 unspecified atom stereocenters. The summed E-state index contributed by atoms with van der Waals surface area (Å²) in [6.07, 6.45) is -3.68. The second-order valence-electron chi connectivity index (χ2n) is 3.78. The molecule has 0 aliphatic rings. The van der Waals surface area contributed by atoms with Gasteiger partial charge < -0.3 is 14.6 Å². The van der Waals surface area contributed by atoms with Crippen molar-refractivity contribution in [2.45, 2.75) is 6.36 Å². The lowest BCUT2D eigenvalue weighted by atomic mass is 10.3. The molecule has 1 N–H and O–H groups in total. The van der Waals surface area contributed by atoms with Crippen molar-refractivity contribution in [3.63, 3.8) is 0 Å². The van der Waals surface area contributed by atoms with Crippen molar-refractivity contribution < 1.29 is 32.5 Å². The normalized spacial score (nSPS) is 11.0. The topological polar surface area (TPSA) is 68.7 Å². The number of carboxylic acid groups (broad SMARTS) is 1. The lowest BCUT2D eigenvalue weighted by molar-refractivity contribution is -0.275. The third-order valence-corrected chi connectivity index (χ3v) is 2.25. The molecule has 0 saturated carbocycles. The van der Waals surface area contributed by atoms with Crippen LogP contribution in [0.3, 0.4) is 0 Å². The molecule has 0 bridgehead atoms. The van der Waals surface area contributed by atoms with Crippen molar-refractivity contribution in [1.29, 1.82) is 0 Å². The fourth-order valence-corrected chi connectivity index (χ4v) is 1.46. The molecule has 1 aromatic heterocycles. The van der Waals surface area contributed by atoms with Crippen LogP contribution in [-0.4, -0.2) is 22.4 Å². The monoisotopic (exact) mass is 299 g/mol. The number of halogens is 3. The molecule has 0 atom stereocenters. The number of para-hydroxylation sites is 2. The lowest BCUT2D eigenvalue weighted by Crippen LogP contribution is -2.17. The number of carbonyl (C=O) groups is 1. The van der Waals surface area contributed by atoms with Crippen LogP contribution in [0.5, 0.6) is 17.2 Å². The lowest BCUT2D eigenvalue weighted by Gasteiger charge is -2.13. The number of pyridine rings is 1. The third-order valence-electron chi connectivity index (χ3n) is 2.25. The van der Waals surface area contributed by atoms with E-state index in [1.165, 1.54) is 30.5 Å². The first kappa shape index (κ1) is 14.6. The van der Waals surface area contributed by atoms with E-state index in [1.807, 2.05) is 0 Å². The van der Waals surface area contributed by atoms with Crippen LogP contribution in [0.15, 0.2) is 42.6 Å². The Morgan fingerprint density at radius 1 is 1.14 bits per heavy atom. The Hall–Kier alpha value is -2.77. The Morgan fingerprint density at radius 2 is 1.81 bits per heavy atom. The van der Waals surface area contributed by atoms with Crippen LogP contribution in [0.4, 0.5) is 13.2 Å². The number of carboxylic acids is 1. The van der Waals surface area contributed by atoms with Gasteiger partial charge in [0.05, 0.1) is 0 Å². The van der Waals surface area contributed by atoms with E-state index in [1.54, 1.807) is 0 Å². The first-order valence-electron chi connectivity index (χ1n) is 5.57. The van der Waals surface area contributed by atoms with Crippen LogP contribution in [0.2, 0.25) is 0 Å². The van der Waals surface area contributed by atoms with E-state index < -0.39 is 18.1 Å². The van der Waals surface area contributed by atoms with Crippen LogP contribution in [0.25, 0.3) is 0 Å². The molecule has 5 nitrogen and oxygen atoms in total. The minimum Gasteiger partial charge on any atom is -0.477 e. The molecule has 0 amide bonds. The summed E-state index contributed by atoms with van der Waals surface area (Å²) in [5.74, 6) is -1.98. The average Bonchev–Trinajstić information content (AvgIpc) is 2.40. The maximum atomic E-state index is 12.3. The summed E-state index contributed by atoms with van der Waals surface area (Å²) in [6.45, 7) is 0. The predicted octanol–water partition coefficient (Wildman–Crippen LogP) is 3.47. The standard InChI is InChI=1S/C13H8F3NO4/c14-13(15,16)21-11-4-2-1-3-10(11)20-8-5-6-17-9(7-8)12(18)19/h1-7H,(H,18,19). The molecule has 0 spiro atoms. The number of aromatic nitrogens is 1. The number of aromatic carboxylic acids is 1. The average molecular weight is 299 g/mol. The minimum absolute atomic E-state index is 0.0284. The molecule has 110 valence electrons. The van der Waals surface area contributed by atoms with Crippen molar-refractivity contribution in [3.05, 3.63) is 48.3 Å². The highest BCUT2D eigenvalue weighted by Gasteiger charge is 2.32. The molecule has 0 radical (unpaired) electrons. The summed E-state index contributed by atoms with van der Waals surface area (Å²) in [6, 6.07) is 7.56. The number of ether oxygens (including phenoxy) is 2. The highest BCUT2D eigenvalue weighted by Crippen LogP contribution is 2.34. The van der Waals surface area contributed by atoms with E-state index in [4.69, 9.17) is 9.84 Å². The van der Waals surface area contributed by atoms with E-state index in [9.17, 15) is 18.0 Å². The molecule has 1 heterocycles. The molecular formula is C13H8F3NO4. The van der Waals surface area contributed by atoms with E-state index in [-0.39, 0.29) is 17.2 Å². The fourth-order valence-electron chi connectivity index (χ4n) is 1.46. The largest absolute Gasteiger partial charge is 0.573 e. The molecule has 0 aliphatic carbocycles. The van der Waals surface area contributed by atoms with E-state index in [0.29, 0.717) is 0 Å². The van der Waals surface area contributed by atoms with Crippen molar-refractivity contribution in [2.24, 2.45) is 0 Å². The Balaban J connectivity index is 2.27. The van der Waals surface area contributed by atoms with Gasteiger partial charge in [-0.15, -0.1) is 13.2 Å². The highest BCUT2D eigenvalue weighted by molar-refractivity contribution is 5.85. The van der Waals surface area contributed by atoms with Gasteiger partial charge in [-0.05, 0) is 18.2 Å².